The fraction of sp³-hybridized carbons (Fsp3) is 0.800. The van der Waals surface area contributed by atoms with Crippen molar-refractivity contribution in [1.29, 1.82) is 0 Å². The van der Waals surface area contributed by atoms with E-state index in [4.69, 9.17) is 0 Å². The molecule has 0 aromatic carbocycles. The molecule has 2 aliphatic rings. The van der Waals surface area contributed by atoms with Gasteiger partial charge in [-0.15, -0.1) is 0 Å². The maximum atomic E-state index is 11.4. The zero-order valence-electron chi connectivity index (χ0n) is 7.43. The van der Waals surface area contributed by atoms with E-state index in [1.807, 2.05) is 0 Å². The number of rotatable bonds is 0. The summed E-state index contributed by atoms with van der Waals surface area (Å²) in [6.07, 6.45) is 3.86. The molecule has 0 aliphatic heterocycles. The van der Waals surface area contributed by atoms with Crippen LogP contribution < -0.4 is 0 Å². The Morgan fingerprint density at radius 3 is 2.67 bits per heavy atom. The summed E-state index contributed by atoms with van der Waals surface area (Å²) in [4.78, 5) is 22.5. The van der Waals surface area contributed by atoms with Crippen LogP contribution in [0.5, 0.6) is 0 Å². The van der Waals surface area contributed by atoms with Crippen LogP contribution >= 0.6 is 0 Å². The first-order chi connectivity index (χ1) is 5.62. The molecule has 2 atom stereocenters. The summed E-state index contributed by atoms with van der Waals surface area (Å²) < 4.78 is 0. The molecule has 2 rings (SSSR count). The largest absolute Gasteiger partial charge is 0.300 e. The maximum absolute atomic E-state index is 11.4. The SMILES string of the molecule is CC12CCC(=O)CC1C(=O)CC2. The molecule has 66 valence electrons. The standard InChI is InChI=1S/C10H14O2/c1-10-4-2-7(11)6-8(10)9(12)3-5-10/h8H,2-6H2,1H3. The highest BCUT2D eigenvalue weighted by atomic mass is 16.1. The third-order valence-electron chi connectivity index (χ3n) is 3.58. The van der Waals surface area contributed by atoms with E-state index in [0.717, 1.165) is 12.8 Å². The Labute approximate surface area is 72.3 Å². The highest BCUT2D eigenvalue weighted by Gasteiger charge is 2.47. The molecular weight excluding hydrogens is 152 g/mol. The Morgan fingerprint density at radius 1 is 1.25 bits per heavy atom. The van der Waals surface area contributed by atoms with Gasteiger partial charge in [0.2, 0.25) is 0 Å². The van der Waals surface area contributed by atoms with E-state index in [0.29, 0.717) is 25.0 Å². The van der Waals surface area contributed by atoms with Crippen molar-refractivity contribution in [2.75, 3.05) is 0 Å². The molecule has 12 heavy (non-hydrogen) atoms. The van der Waals surface area contributed by atoms with E-state index in [9.17, 15) is 9.59 Å². The first kappa shape index (κ1) is 7.96. The van der Waals surface area contributed by atoms with Gasteiger partial charge in [-0.05, 0) is 18.3 Å². The van der Waals surface area contributed by atoms with E-state index >= 15 is 0 Å². The number of carbonyl (C=O) groups is 2. The molecule has 0 radical (unpaired) electrons. The Kier molecular flexibility index (Phi) is 1.60. The van der Waals surface area contributed by atoms with E-state index in [2.05, 4.69) is 6.92 Å². The number of Topliss-reactive ketones (excluding diaryl/α,β-unsaturated/α-hetero) is 2. The van der Waals surface area contributed by atoms with Gasteiger partial charge in [0, 0.05) is 25.2 Å². The lowest BCUT2D eigenvalue weighted by Gasteiger charge is -2.33. The van der Waals surface area contributed by atoms with Crippen molar-refractivity contribution in [2.24, 2.45) is 11.3 Å². The van der Waals surface area contributed by atoms with Gasteiger partial charge in [0.15, 0.2) is 0 Å². The van der Waals surface area contributed by atoms with Crippen molar-refractivity contribution in [3.63, 3.8) is 0 Å². The number of hydrogen-bond acceptors (Lipinski definition) is 2. The zero-order valence-corrected chi connectivity index (χ0v) is 7.43. The lowest BCUT2D eigenvalue weighted by Crippen LogP contribution is -2.33. The van der Waals surface area contributed by atoms with E-state index in [1.54, 1.807) is 0 Å². The minimum Gasteiger partial charge on any atom is -0.300 e. The van der Waals surface area contributed by atoms with Crippen molar-refractivity contribution in [3.8, 4) is 0 Å². The summed E-state index contributed by atoms with van der Waals surface area (Å²) >= 11 is 0. The van der Waals surface area contributed by atoms with Crippen LogP contribution in [0.1, 0.15) is 39.0 Å². The van der Waals surface area contributed by atoms with Crippen LogP contribution in [0.3, 0.4) is 0 Å². The average molecular weight is 166 g/mol. The molecule has 0 aromatic rings. The van der Waals surface area contributed by atoms with Gasteiger partial charge in [-0.3, -0.25) is 9.59 Å². The normalized spacial score (nSPS) is 41.6. The third-order valence-corrected chi connectivity index (χ3v) is 3.58. The Hall–Kier alpha value is -0.660. The molecule has 0 saturated heterocycles. The van der Waals surface area contributed by atoms with Gasteiger partial charge >= 0.3 is 0 Å². The van der Waals surface area contributed by atoms with Crippen molar-refractivity contribution in [1.82, 2.24) is 0 Å². The summed E-state index contributed by atoms with van der Waals surface area (Å²) in [5.41, 5.74) is 0.172. The first-order valence-electron chi connectivity index (χ1n) is 4.66. The number of carbonyl (C=O) groups excluding carboxylic acids is 2. The van der Waals surface area contributed by atoms with Crippen molar-refractivity contribution >= 4 is 11.6 Å². The summed E-state index contributed by atoms with van der Waals surface area (Å²) in [5.74, 6) is 0.678. The average Bonchev–Trinajstić information content (AvgIpc) is 2.31. The van der Waals surface area contributed by atoms with Crippen LogP contribution in [0.4, 0.5) is 0 Å². The van der Waals surface area contributed by atoms with Crippen molar-refractivity contribution in [3.05, 3.63) is 0 Å². The van der Waals surface area contributed by atoms with E-state index in [-0.39, 0.29) is 17.1 Å². The molecule has 2 fully saturated rings. The second kappa shape index (κ2) is 2.41. The smallest absolute Gasteiger partial charge is 0.136 e. The predicted molar refractivity (Wildman–Crippen MR) is 44.7 cm³/mol. The lowest BCUT2D eigenvalue weighted by molar-refractivity contribution is -0.131. The molecule has 2 unspecified atom stereocenters. The van der Waals surface area contributed by atoms with Gasteiger partial charge in [0.1, 0.15) is 11.6 Å². The fourth-order valence-corrected chi connectivity index (χ4v) is 2.56. The molecule has 2 aliphatic carbocycles. The summed E-state index contributed by atoms with van der Waals surface area (Å²) in [5, 5.41) is 0. The number of fused-ring (bicyclic) bond motifs is 1. The lowest BCUT2D eigenvalue weighted by atomic mass is 9.69. The molecule has 0 bridgehead atoms. The van der Waals surface area contributed by atoms with Crippen molar-refractivity contribution < 1.29 is 9.59 Å². The van der Waals surface area contributed by atoms with Gasteiger partial charge in [-0.2, -0.15) is 0 Å². The molecule has 0 aromatic heterocycles. The molecule has 0 amide bonds. The molecular formula is C10H14O2. The summed E-state index contributed by atoms with van der Waals surface area (Å²) in [7, 11) is 0. The topological polar surface area (TPSA) is 34.1 Å². The molecule has 0 spiro atoms. The van der Waals surface area contributed by atoms with Crippen molar-refractivity contribution in [2.45, 2.75) is 39.0 Å². The quantitative estimate of drug-likeness (QED) is 0.549. The third kappa shape index (κ3) is 1.01. The molecule has 2 heteroatoms. The zero-order chi connectivity index (χ0) is 8.77. The van der Waals surface area contributed by atoms with Crippen LogP contribution in [-0.2, 0) is 9.59 Å². The summed E-state index contributed by atoms with van der Waals surface area (Å²) in [6.45, 7) is 2.16. The van der Waals surface area contributed by atoms with Crippen LogP contribution in [-0.4, -0.2) is 11.6 Å². The van der Waals surface area contributed by atoms with Crippen LogP contribution in [0.2, 0.25) is 0 Å². The Balaban J connectivity index is 2.24. The van der Waals surface area contributed by atoms with Crippen LogP contribution in [0.25, 0.3) is 0 Å². The second-order valence-corrected chi connectivity index (χ2v) is 4.42. The van der Waals surface area contributed by atoms with E-state index in [1.165, 1.54) is 0 Å². The molecule has 2 nitrogen and oxygen atoms in total. The number of hydrogen-bond donors (Lipinski definition) is 0. The van der Waals surface area contributed by atoms with Gasteiger partial charge < -0.3 is 0 Å². The number of ketones is 2. The molecule has 2 saturated carbocycles. The Morgan fingerprint density at radius 2 is 1.92 bits per heavy atom. The molecule has 0 heterocycles. The Bertz CT molecular complexity index is 244. The molecule has 0 N–H and O–H groups in total. The monoisotopic (exact) mass is 166 g/mol. The van der Waals surface area contributed by atoms with Crippen LogP contribution in [0, 0.1) is 11.3 Å². The summed E-state index contributed by atoms with van der Waals surface area (Å²) in [6, 6.07) is 0. The second-order valence-electron chi connectivity index (χ2n) is 4.42. The highest BCUT2D eigenvalue weighted by Crippen LogP contribution is 2.49. The van der Waals surface area contributed by atoms with Crippen LogP contribution in [0.15, 0.2) is 0 Å². The van der Waals surface area contributed by atoms with Gasteiger partial charge in [0.05, 0.1) is 0 Å². The maximum Gasteiger partial charge on any atom is 0.136 e. The minimum atomic E-state index is 0.0683. The first-order valence-corrected chi connectivity index (χ1v) is 4.66. The predicted octanol–water partition coefficient (Wildman–Crippen LogP) is 1.72. The van der Waals surface area contributed by atoms with Gasteiger partial charge in [0.25, 0.3) is 0 Å². The van der Waals surface area contributed by atoms with Gasteiger partial charge in [-0.1, -0.05) is 6.92 Å². The van der Waals surface area contributed by atoms with E-state index < -0.39 is 0 Å². The fourth-order valence-electron chi connectivity index (χ4n) is 2.56. The highest BCUT2D eigenvalue weighted by molar-refractivity contribution is 5.91. The minimum absolute atomic E-state index is 0.0683. The van der Waals surface area contributed by atoms with Gasteiger partial charge in [-0.25, -0.2) is 0 Å².